The lowest BCUT2D eigenvalue weighted by Crippen LogP contribution is -2.09. The molecule has 2 N–H and O–H groups in total. The van der Waals surface area contributed by atoms with Gasteiger partial charge in [-0.05, 0) is 6.42 Å². The van der Waals surface area contributed by atoms with Crippen LogP contribution in [0.4, 0.5) is 5.82 Å². The van der Waals surface area contributed by atoms with Crippen LogP contribution in [0.3, 0.4) is 0 Å². The summed E-state index contributed by atoms with van der Waals surface area (Å²) in [6, 6.07) is 1.96. The van der Waals surface area contributed by atoms with Crippen LogP contribution in [-0.4, -0.2) is 19.4 Å². The number of halogens is 1. The van der Waals surface area contributed by atoms with Gasteiger partial charge in [-0.1, -0.05) is 0 Å². The van der Waals surface area contributed by atoms with Gasteiger partial charge in [0.2, 0.25) is 0 Å². The summed E-state index contributed by atoms with van der Waals surface area (Å²) < 4.78 is 4.27. The number of fused-ring (bicyclic) bond motifs is 1. The van der Waals surface area contributed by atoms with E-state index in [4.69, 9.17) is 5.73 Å². The Bertz CT molecular complexity index is 283. The topological polar surface area (TPSA) is 47.1 Å². The largest absolute Gasteiger partial charge is 0.382 e. The maximum atomic E-state index is 5.60. The number of nitrogens with zero attached hydrogens (tertiary/aromatic N) is 3. The number of aryl methyl sites for hydroxylation is 1. The first-order valence-corrected chi connectivity index (χ1v) is 4.95. The van der Waals surface area contributed by atoms with Gasteiger partial charge in [0.25, 0.3) is 0 Å². The fourth-order valence-corrected chi connectivity index (χ4v) is 2.14. The maximum absolute atomic E-state index is 5.60. The van der Waals surface area contributed by atoms with E-state index < -0.39 is 0 Å². The number of hydrogen-bond donors (Lipinski definition) is 1. The fraction of sp³-hybridized carbons (Fsp3) is 0.571. The van der Waals surface area contributed by atoms with Crippen molar-refractivity contribution < 1.29 is 0 Å². The molecule has 0 amide bonds. The molecule has 0 unspecified atom stereocenters. The summed E-state index contributed by atoms with van der Waals surface area (Å²) in [5, 5.41) is 4.21. The minimum atomic E-state index is 0.636. The zero-order valence-electron chi connectivity index (χ0n) is 6.70. The molecule has 5 heteroatoms. The van der Waals surface area contributed by atoms with Crippen LogP contribution in [0.25, 0.3) is 0 Å². The van der Waals surface area contributed by atoms with E-state index in [1.54, 1.807) is 0 Å². The molecule has 0 bridgehead atoms. The second-order valence-electron chi connectivity index (χ2n) is 2.98. The van der Waals surface area contributed by atoms with Crippen molar-refractivity contribution in [2.45, 2.75) is 19.5 Å². The lowest BCUT2D eigenvalue weighted by atomic mass is 10.4. The lowest BCUT2D eigenvalue weighted by Gasteiger charge is -2.07. The van der Waals surface area contributed by atoms with E-state index in [1.165, 1.54) is 5.69 Å². The van der Waals surface area contributed by atoms with Gasteiger partial charge in [-0.3, -0.25) is 4.68 Å². The Morgan fingerprint density at radius 1 is 1.50 bits per heavy atom. The van der Waals surface area contributed by atoms with Gasteiger partial charge in [0, 0.05) is 42.0 Å². The van der Waals surface area contributed by atoms with Gasteiger partial charge in [0.1, 0.15) is 5.82 Å². The number of hydrogen-bond acceptors (Lipinski definition) is 3. The second-order valence-corrected chi connectivity index (χ2v) is 4.35. The Hall–Kier alpha value is -0.300. The molecule has 0 saturated heterocycles. The van der Waals surface area contributed by atoms with Crippen LogP contribution >= 0.6 is 22.9 Å². The van der Waals surface area contributed by atoms with Crippen molar-refractivity contribution in [3.8, 4) is 0 Å². The van der Waals surface area contributed by atoms with Crippen LogP contribution < -0.4 is 5.73 Å². The first-order valence-electron chi connectivity index (χ1n) is 3.98. The van der Waals surface area contributed by atoms with E-state index in [-0.39, 0.29) is 0 Å². The Balaban J connectivity index is 2.30. The summed E-state index contributed by atoms with van der Waals surface area (Å²) in [5.74, 6) is 0.636. The fourth-order valence-electron chi connectivity index (χ4n) is 1.45. The van der Waals surface area contributed by atoms with Gasteiger partial charge in [-0.25, -0.2) is 3.11 Å². The smallest absolute Gasteiger partial charge is 0.145 e. The van der Waals surface area contributed by atoms with Crippen molar-refractivity contribution in [3.05, 3.63) is 11.8 Å². The van der Waals surface area contributed by atoms with E-state index in [9.17, 15) is 0 Å². The molecule has 0 aliphatic carbocycles. The zero-order chi connectivity index (χ0) is 8.55. The highest BCUT2D eigenvalue weighted by Gasteiger charge is 2.13. The van der Waals surface area contributed by atoms with Crippen LogP contribution in [0.5, 0.6) is 0 Å². The van der Waals surface area contributed by atoms with Crippen molar-refractivity contribution >= 4 is 28.7 Å². The van der Waals surface area contributed by atoms with Gasteiger partial charge in [0.05, 0.1) is 12.2 Å². The number of rotatable bonds is 0. The third-order valence-electron chi connectivity index (χ3n) is 1.99. The Morgan fingerprint density at radius 2 is 2.33 bits per heavy atom. The molecule has 0 atom stereocenters. The number of anilines is 1. The SMILES string of the molecule is Nc1cc2n(n1)CCCN(I)C2. The average molecular weight is 278 g/mol. The zero-order valence-corrected chi connectivity index (χ0v) is 8.86. The molecule has 0 aromatic carbocycles. The molecule has 2 heterocycles. The van der Waals surface area contributed by atoms with Gasteiger partial charge >= 0.3 is 0 Å². The molecule has 0 spiro atoms. The van der Waals surface area contributed by atoms with Crippen molar-refractivity contribution in [1.29, 1.82) is 0 Å². The molecule has 0 fully saturated rings. The Morgan fingerprint density at radius 3 is 3.17 bits per heavy atom. The first-order chi connectivity index (χ1) is 5.75. The molecule has 0 saturated carbocycles. The predicted molar refractivity (Wildman–Crippen MR) is 55.7 cm³/mol. The summed E-state index contributed by atoms with van der Waals surface area (Å²) in [5.41, 5.74) is 6.82. The van der Waals surface area contributed by atoms with Crippen LogP contribution in [0.2, 0.25) is 0 Å². The molecule has 2 rings (SSSR count). The average Bonchev–Trinajstić information content (AvgIpc) is 2.23. The highest BCUT2D eigenvalue weighted by molar-refractivity contribution is 14.1. The third kappa shape index (κ3) is 1.56. The monoisotopic (exact) mass is 278 g/mol. The molecule has 4 nitrogen and oxygen atoms in total. The highest BCUT2D eigenvalue weighted by Crippen LogP contribution is 2.16. The lowest BCUT2D eigenvalue weighted by molar-refractivity contribution is 0.507. The highest BCUT2D eigenvalue weighted by atomic mass is 127. The normalized spacial score (nSPS) is 18.8. The van der Waals surface area contributed by atoms with Crippen molar-refractivity contribution in [2.24, 2.45) is 0 Å². The maximum Gasteiger partial charge on any atom is 0.145 e. The summed E-state index contributed by atoms with van der Waals surface area (Å²) in [4.78, 5) is 0. The first kappa shape index (κ1) is 8.31. The minimum absolute atomic E-state index is 0.636. The molecule has 1 aliphatic rings. The van der Waals surface area contributed by atoms with Crippen molar-refractivity contribution in [3.63, 3.8) is 0 Å². The summed E-state index contributed by atoms with van der Waals surface area (Å²) >= 11 is 2.34. The Kier molecular flexibility index (Phi) is 2.22. The van der Waals surface area contributed by atoms with E-state index >= 15 is 0 Å². The van der Waals surface area contributed by atoms with Crippen LogP contribution in [0.15, 0.2) is 6.07 Å². The van der Waals surface area contributed by atoms with Crippen molar-refractivity contribution in [2.75, 3.05) is 12.3 Å². The molecule has 66 valence electrons. The summed E-state index contributed by atoms with van der Waals surface area (Å²) in [7, 11) is 0. The number of aromatic nitrogens is 2. The molecular formula is C7H11IN4. The van der Waals surface area contributed by atoms with Gasteiger partial charge in [-0.15, -0.1) is 0 Å². The van der Waals surface area contributed by atoms with Gasteiger partial charge in [-0.2, -0.15) is 5.10 Å². The molecule has 12 heavy (non-hydrogen) atoms. The quantitative estimate of drug-likeness (QED) is 0.569. The standard InChI is InChI=1S/C7H11IN4/c8-11-2-1-3-12-6(5-11)4-7(9)10-12/h4H,1-3,5H2,(H2,9,10). The van der Waals surface area contributed by atoms with Crippen LogP contribution in [-0.2, 0) is 13.1 Å². The van der Waals surface area contributed by atoms with Crippen molar-refractivity contribution in [1.82, 2.24) is 12.9 Å². The molecule has 1 aromatic heterocycles. The third-order valence-corrected chi connectivity index (χ3v) is 2.81. The van der Waals surface area contributed by atoms with Crippen LogP contribution in [0, 0.1) is 0 Å². The van der Waals surface area contributed by atoms with Gasteiger partial charge in [0.15, 0.2) is 0 Å². The van der Waals surface area contributed by atoms with E-state index in [0.717, 1.165) is 26.1 Å². The molecular weight excluding hydrogens is 267 g/mol. The number of nitrogen functional groups attached to an aromatic ring is 1. The Labute approximate surface area is 85.2 Å². The molecule has 1 aliphatic heterocycles. The van der Waals surface area contributed by atoms with E-state index in [0.29, 0.717) is 5.82 Å². The summed E-state index contributed by atoms with van der Waals surface area (Å²) in [6.45, 7) is 3.07. The van der Waals surface area contributed by atoms with E-state index in [2.05, 4.69) is 31.1 Å². The van der Waals surface area contributed by atoms with E-state index in [1.807, 2.05) is 10.7 Å². The molecule has 0 radical (unpaired) electrons. The summed E-state index contributed by atoms with van der Waals surface area (Å²) in [6.07, 6.45) is 1.15. The van der Waals surface area contributed by atoms with Gasteiger partial charge < -0.3 is 5.73 Å². The molecule has 1 aromatic rings. The van der Waals surface area contributed by atoms with Crippen LogP contribution in [0.1, 0.15) is 12.1 Å². The number of nitrogens with two attached hydrogens (primary N) is 1. The second kappa shape index (κ2) is 3.21. The minimum Gasteiger partial charge on any atom is -0.382 e. The predicted octanol–water partition coefficient (Wildman–Crippen LogP) is 1.02.